The summed E-state index contributed by atoms with van der Waals surface area (Å²) in [7, 11) is 3.05. The average Bonchev–Trinajstić information content (AvgIpc) is 3.44. The molecule has 1 aliphatic carbocycles. The lowest BCUT2D eigenvalue weighted by atomic mass is 9.94. The van der Waals surface area contributed by atoms with Crippen molar-refractivity contribution in [3.63, 3.8) is 0 Å². The first-order valence-electron chi connectivity index (χ1n) is 12.1. The van der Waals surface area contributed by atoms with E-state index < -0.39 is 11.9 Å². The van der Waals surface area contributed by atoms with Gasteiger partial charge in [-0.3, -0.25) is 9.59 Å². The van der Waals surface area contributed by atoms with E-state index in [1.807, 2.05) is 0 Å². The number of rotatable bonds is 9. The number of halogens is 1. The summed E-state index contributed by atoms with van der Waals surface area (Å²) in [6.45, 7) is 0.0664. The van der Waals surface area contributed by atoms with Gasteiger partial charge in [-0.2, -0.15) is 0 Å². The molecule has 1 fully saturated rings. The molecule has 8 heteroatoms. The molecule has 0 saturated heterocycles. The van der Waals surface area contributed by atoms with Crippen molar-refractivity contribution in [2.75, 3.05) is 14.2 Å². The zero-order valence-corrected chi connectivity index (χ0v) is 20.5. The molecule has 0 aliphatic heterocycles. The van der Waals surface area contributed by atoms with Crippen LogP contribution in [0.3, 0.4) is 0 Å². The van der Waals surface area contributed by atoms with Crippen molar-refractivity contribution in [1.29, 1.82) is 0 Å². The van der Waals surface area contributed by atoms with Gasteiger partial charge in [-0.15, -0.1) is 0 Å². The molecular formula is C28H31FN2O5. The first kappa shape index (κ1) is 25.3. The predicted molar refractivity (Wildman–Crippen MR) is 132 cm³/mol. The number of hydrogen-bond acceptors (Lipinski definition) is 5. The molecule has 0 radical (unpaired) electrons. The molecular weight excluding hydrogens is 463 g/mol. The number of benzene rings is 2. The van der Waals surface area contributed by atoms with E-state index in [1.165, 1.54) is 37.5 Å². The first-order valence-corrected chi connectivity index (χ1v) is 12.1. The highest BCUT2D eigenvalue weighted by Crippen LogP contribution is 2.34. The van der Waals surface area contributed by atoms with E-state index in [1.54, 1.807) is 42.5 Å². The minimum atomic E-state index is -0.991. The molecule has 1 aliphatic rings. The number of methoxy groups -OCH3 is 2. The van der Waals surface area contributed by atoms with Crippen molar-refractivity contribution >= 4 is 11.8 Å². The molecule has 36 heavy (non-hydrogen) atoms. The van der Waals surface area contributed by atoms with Gasteiger partial charge in [-0.05, 0) is 60.4 Å². The van der Waals surface area contributed by atoms with E-state index in [9.17, 15) is 14.0 Å². The molecule has 1 atom stereocenters. The summed E-state index contributed by atoms with van der Waals surface area (Å²) < 4.78 is 29.8. The quantitative estimate of drug-likeness (QED) is 0.438. The smallest absolute Gasteiger partial charge is 0.290 e. The summed E-state index contributed by atoms with van der Waals surface area (Å²) in [4.78, 5) is 29.0. The fourth-order valence-electron chi connectivity index (χ4n) is 4.63. The Labute approximate surface area is 210 Å². The van der Waals surface area contributed by atoms with Crippen molar-refractivity contribution in [3.8, 4) is 11.5 Å². The van der Waals surface area contributed by atoms with E-state index >= 15 is 0 Å². The van der Waals surface area contributed by atoms with Crippen LogP contribution in [0.15, 0.2) is 65.3 Å². The molecule has 7 nitrogen and oxygen atoms in total. The maximum atomic E-state index is 13.9. The van der Waals surface area contributed by atoms with Crippen LogP contribution in [0.2, 0.25) is 0 Å². The number of furan rings is 1. The monoisotopic (exact) mass is 494 g/mol. The third-order valence-corrected chi connectivity index (χ3v) is 6.49. The third kappa shape index (κ3) is 5.87. The zero-order valence-electron chi connectivity index (χ0n) is 20.5. The Balaban J connectivity index is 1.77. The van der Waals surface area contributed by atoms with E-state index in [2.05, 4.69) is 5.32 Å². The van der Waals surface area contributed by atoms with Crippen LogP contribution in [0.4, 0.5) is 4.39 Å². The lowest BCUT2D eigenvalue weighted by Crippen LogP contribution is -2.46. The molecule has 4 rings (SSSR count). The number of amides is 2. The fourth-order valence-corrected chi connectivity index (χ4v) is 4.63. The van der Waals surface area contributed by atoms with E-state index in [0.29, 0.717) is 22.6 Å². The minimum absolute atomic E-state index is 0.0419. The maximum Gasteiger partial charge on any atom is 0.290 e. The van der Waals surface area contributed by atoms with Crippen LogP contribution in [0, 0.1) is 5.82 Å². The molecule has 0 unspecified atom stereocenters. The minimum Gasteiger partial charge on any atom is -0.493 e. The molecule has 0 bridgehead atoms. The topological polar surface area (TPSA) is 81.0 Å². The molecule has 0 spiro atoms. The van der Waals surface area contributed by atoms with E-state index in [0.717, 1.165) is 32.1 Å². The third-order valence-electron chi connectivity index (χ3n) is 6.49. The second-order valence-electron chi connectivity index (χ2n) is 8.90. The Bertz CT molecular complexity index is 1160. The second kappa shape index (κ2) is 11.7. The van der Waals surface area contributed by atoms with Crippen molar-refractivity contribution in [1.82, 2.24) is 10.2 Å². The average molecular weight is 495 g/mol. The van der Waals surface area contributed by atoms with Crippen LogP contribution in [0.5, 0.6) is 11.5 Å². The van der Waals surface area contributed by atoms with Gasteiger partial charge in [0, 0.05) is 12.6 Å². The normalized spacial score (nSPS) is 14.6. The van der Waals surface area contributed by atoms with Gasteiger partial charge < -0.3 is 24.1 Å². The summed E-state index contributed by atoms with van der Waals surface area (Å²) in [6, 6.07) is 13.3. The highest BCUT2D eigenvalue weighted by atomic mass is 19.1. The van der Waals surface area contributed by atoms with Crippen molar-refractivity contribution < 1.29 is 27.9 Å². The molecule has 3 aromatic rings. The number of nitrogens with zero attached hydrogens (tertiary/aromatic N) is 1. The predicted octanol–water partition coefficient (Wildman–Crippen LogP) is 5.27. The zero-order chi connectivity index (χ0) is 25.5. The largest absolute Gasteiger partial charge is 0.493 e. The summed E-state index contributed by atoms with van der Waals surface area (Å²) in [5, 5.41) is 3.16. The van der Waals surface area contributed by atoms with Gasteiger partial charge in [-0.25, -0.2) is 4.39 Å². The Morgan fingerprint density at radius 2 is 1.75 bits per heavy atom. The summed E-state index contributed by atoms with van der Waals surface area (Å²) >= 11 is 0. The van der Waals surface area contributed by atoms with Crippen LogP contribution < -0.4 is 14.8 Å². The molecule has 1 heterocycles. The molecule has 1 saturated carbocycles. The van der Waals surface area contributed by atoms with Crippen molar-refractivity contribution in [2.45, 2.75) is 50.7 Å². The van der Waals surface area contributed by atoms with Gasteiger partial charge >= 0.3 is 0 Å². The van der Waals surface area contributed by atoms with E-state index in [-0.39, 0.29) is 30.1 Å². The Morgan fingerprint density at radius 3 is 2.39 bits per heavy atom. The number of carbonyl (C=O) groups excluding carboxylic acids is 2. The lowest BCUT2D eigenvalue weighted by molar-refractivity contribution is -0.127. The van der Waals surface area contributed by atoms with Crippen LogP contribution in [-0.2, 0) is 11.3 Å². The molecule has 2 amide bonds. The fraction of sp³-hybridized carbons (Fsp3) is 0.357. The molecule has 2 aromatic carbocycles. The number of nitrogens with one attached hydrogen (secondary N) is 1. The van der Waals surface area contributed by atoms with E-state index in [4.69, 9.17) is 13.9 Å². The standard InChI is InChI=1S/C28H31FN2O5/c1-34-23-15-12-20(17-25(23)35-2)26(27(32)30-22-7-4-3-5-8-22)31(28(33)24-9-6-16-36-24)18-19-10-13-21(29)14-11-19/h6,9-17,22,26H,3-5,7-8,18H2,1-2H3,(H,30,32)/t26-/m1/s1. The highest BCUT2D eigenvalue weighted by Gasteiger charge is 2.35. The van der Waals surface area contributed by atoms with Crippen LogP contribution in [-0.4, -0.2) is 37.0 Å². The van der Waals surface area contributed by atoms with Crippen LogP contribution in [0.1, 0.15) is 59.8 Å². The maximum absolute atomic E-state index is 13.9. The SMILES string of the molecule is COc1ccc([C@H](C(=O)NC2CCCCC2)N(Cc2ccc(F)cc2)C(=O)c2ccco2)cc1OC. The van der Waals surface area contributed by atoms with Crippen molar-refractivity contribution in [2.24, 2.45) is 0 Å². The van der Waals surface area contributed by atoms with Gasteiger partial charge in [0.15, 0.2) is 17.3 Å². The summed E-state index contributed by atoms with van der Waals surface area (Å²) in [6.07, 6.45) is 6.46. The number of ether oxygens (including phenoxy) is 2. The highest BCUT2D eigenvalue weighted by molar-refractivity contribution is 5.96. The lowest BCUT2D eigenvalue weighted by Gasteiger charge is -2.33. The Hall–Kier alpha value is -3.81. The van der Waals surface area contributed by atoms with Gasteiger partial charge in [0.25, 0.3) is 5.91 Å². The molecule has 190 valence electrons. The molecule has 1 N–H and O–H groups in total. The first-order chi connectivity index (χ1) is 17.5. The Kier molecular flexibility index (Phi) is 8.25. The molecule has 1 aromatic heterocycles. The van der Waals surface area contributed by atoms with Crippen LogP contribution in [0.25, 0.3) is 0 Å². The summed E-state index contributed by atoms with van der Waals surface area (Å²) in [5.74, 6) is -0.0750. The van der Waals surface area contributed by atoms with Gasteiger partial charge in [-0.1, -0.05) is 37.5 Å². The second-order valence-corrected chi connectivity index (χ2v) is 8.90. The number of carbonyl (C=O) groups is 2. The number of hydrogen-bond donors (Lipinski definition) is 1. The Morgan fingerprint density at radius 1 is 1.03 bits per heavy atom. The van der Waals surface area contributed by atoms with Crippen LogP contribution >= 0.6 is 0 Å². The van der Waals surface area contributed by atoms with Gasteiger partial charge in [0.2, 0.25) is 5.91 Å². The van der Waals surface area contributed by atoms with Crippen molar-refractivity contribution in [3.05, 3.63) is 83.6 Å². The summed E-state index contributed by atoms with van der Waals surface area (Å²) in [5.41, 5.74) is 1.23. The van der Waals surface area contributed by atoms with Gasteiger partial charge in [0.1, 0.15) is 11.9 Å². The van der Waals surface area contributed by atoms with Gasteiger partial charge in [0.05, 0.1) is 20.5 Å².